The van der Waals surface area contributed by atoms with Crippen molar-refractivity contribution >= 4 is 23.2 Å². The summed E-state index contributed by atoms with van der Waals surface area (Å²) in [6.07, 6.45) is 0. The van der Waals surface area contributed by atoms with Gasteiger partial charge in [-0.25, -0.2) is 8.78 Å². The molecule has 2 amide bonds. The maximum atomic E-state index is 13.5. The van der Waals surface area contributed by atoms with Gasteiger partial charge in [0.15, 0.2) is 0 Å². The van der Waals surface area contributed by atoms with Crippen molar-refractivity contribution in [1.82, 2.24) is 0 Å². The molecule has 2 aromatic carbocycles. The van der Waals surface area contributed by atoms with Gasteiger partial charge in [-0.2, -0.15) is 0 Å². The van der Waals surface area contributed by atoms with Crippen LogP contribution in [0.1, 0.15) is 17.3 Å². The van der Waals surface area contributed by atoms with E-state index in [9.17, 15) is 18.4 Å². The number of anilines is 2. The summed E-state index contributed by atoms with van der Waals surface area (Å²) in [7, 11) is 0. The summed E-state index contributed by atoms with van der Waals surface area (Å²) in [4.78, 5) is 23.0. The zero-order valence-electron chi connectivity index (χ0n) is 11.1. The zero-order valence-corrected chi connectivity index (χ0v) is 11.1. The van der Waals surface area contributed by atoms with Gasteiger partial charge in [0.2, 0.25) is 5.91 Å². The van der Waals surface area contributed by atoms with E-state index in [0.717, 1.165) is 12.1 Å². The Bertz CT molecular complexity index is 682. The molecule has 0 saturated heterocycles. The lowest BCUT2D eigenvalue weighted by molar-refractivity contribution is -0.114. The molecule has 0 fully saturated rings. The molecule has 0 aliphatic rings. The van der Waals surface area contributed by atoms with Crippen molar-refractivity contribution in [2.24, 2.45) is 0 Å². The topological polar surface area (TPSA) is 58.2 Å². The standard InChI is InChI=1S/C15H12F2N2O2/c1-9(20)18-11-5-2-4-10(8-11)15(21)19-14-12(16)6-3-7-13(14)17/h2-8H,1H3,(H,18,20)(H,19,21). The molecule has 0 aliphatic carbocycles. The Balaban J connectivity index is 2.23. The lowest BCUT2D eigenvalue weighted by Crippen LogP contribution is -2.15. The van der Waals surface area contributed by atoms with E-state index in [1.165, 1.54) is 25.1 Å². The van der Waals surface area contributed by atoms with Crippen molar-refractivity contribution < 1.29 is 18.4 Å². The molecule has 108 valence electrons. The Labute approximate surface area is 119 Å². The van der Waals surface area contributed by atoms with Gasteiger partial charge in [-0.15, -0.1) is 0 Å². The van der Waals surface area contributed by atoms with E-state index in [2.05, 4.69) is 10.6 Å². The number of carbonyl (C=O) groups is 2. The third kappa shape index (κ3) is 3.62. The molecule has 0 spiro atoms. The van der Waals surface area contributed by atoms with Gasteiger partial charge in [0.05, 0.1) is 0 Å². The maximum Gasteiger partial charge on any atom is 0.255 e. The molecular weight excluding hydrogens is 278 g/mol. The van der Waals surface area contributed by atoms with Crippen molar-refractivity contribution in [1.29, 1.82) is 0 Å². The largest absolute Gasteiger partial charge is 0.326 e. The Hall–Kier alpha value is -2.76. The fraction of sp³-hybridized carbons (Fsp3) is 0.0667. The molecule has 2 aromatic rings. The summed E-state index contributed by atoms with van der Waals surface area (Å²) in [5.74, 6) is -2.68. The zero-order chi connectivity index (χ0) is 15.4. The third-order valence-electron chi connectivity index (χ3n) is 2.65. The molecule has 0 aromatic heterocycles. The fourth-order valence-corrected chi connectivity index (χ4v) is 1.74. The quantitative estimate of drug-likeness (QED) is 0.912. The molecule has 0 heterocycles. The van der Waals surface area contributed by atoms with Gasteiger partial charge in [-0.1, -0.05) is 12.1 Å². The van der Waals surface area contributed by atoms with Crippen LogP contribution in [0.15, 0.2) is 42.5 Å². The van der Waals surface area contributed by atoms with Gasteiger partial charge in [0, 0.05) is 18.2 Å². The minimum Gasteiger partial charge on any atom is -0.326 e. The first-order valence-electron chi connectivity index (χ1n) is 6.10. The van der Waals surface area contributed by atoms with E-state index in [4.69, 9.17) is 0 Å². The molecule has 2 N–H and O–H groups in total. The second-order valence-corrected chi connectivity index (χ2v) is 4.31. The summed E-state index contributed by atoms with van der Waals surface area (Å²) in [6, 6.07) is 9.34. The predicted octanol–water partition coefficient (Wildman–Crippen LogP) is 3.18. The van der Waals surface area contributed by atoms with E-state index >= 15 is 0 Å². The summed E-state index contributed by atoms with van der Waals surface area (Å²) >= 11 is 0. The van der Waals surface area contributed by atoms with Crippen molar-refractivity contribution in [3.63, 3.8) is 0 Å². The highest BCUT2D eigenvalue weighted by Crippen LogP contribution is 2.19. The van der Waals surface area contributed by atoms with Crippen LogP contribution in [0.3, 0.4) is 0 Å². The van der Waals surface area contributed by atoms with Gasteiger partial charge in [-0.05, 0) is 30.3 Å². The Morgan fingerprint density at radius 3 is 2.19 bits per heavy atom. The number of amides is 2. The van der Waals surface area contributed by atoms with E-state index in [1.54, 1.807) is 12.1 Å². The number of hydrogen-bond acceptors (Lipinski definition) is 2. The van der Waals surface area contributed by atoms with Gasteiger partial charge >= 0.3 is 0 Å². The first-order chi connectivity index (χ1) is 9.97. The highest BCUT2D eigenvalue weighted by molar-refractivity contribution is 6.05. The normalized spacial score (nSPS) is 10.0. The van der Waals surface area contributed by atoms with Crippen LogP contribution in [-0.4, -0.2) is 11.8 Å². The minimum absolute atomic E-state index is 0.170. The van der Waals surface area contributed by atoms with Crippen LogP contribution in [-0.2, 0) is 4.79 Å². The number of carbonyl (C=O) groups excluding carboxylic acids is 2. The number of hydrogen-bond donors (Lipinski definition) is 2. The van der Waals surface area contributed by atoms with E-state index in [-0.39, 0.29) is 11.5 Å². The second-order valence-electron chi connectivity index (χ2n) is 4.31. The molecule has 0 unspecified atom stereocenters. The number of halogens is 2. The van der Waals surface area contributed by atoms with Crippen LogP contribution < -0.4 is 10.6 Å². The molecule has 0 saturated carbocycles. The summed E-state index contributed by atoms with van der Waals surface area (Å²) < 4.78 is 26.9. The highest BCUT2D eigenvalue weighted by Gasteiger charge is 2.13. The minimum atomic E-state index is -0.860. The molecule has 21 heavy (non-hydrogen) atoms. The first kappa shape index (κ1) is 14.6. The van der Waals surface area contributed by atoms with Crippen molar-refractivity contribution in [2.45, 2.75) is 6.92 Å². The summed E-state index contributed by atoms with van der Waals surface area (Å²) in [5, 5.41) is 4.69. The number of para-hydroxylation sites is 1. The lowest BCUT2D eigenvalue weighted by Gasteiger charge is -2.09. The smallest absolute Gasteiger partial charge is 0.255 e. The number of benzene rings is 2. The number of rotatable bonds is 3. The molecule has 0 atom stereocenters. The van der Waals surface area contributed by atoms with Crippen LogP contribution >= 0.6 is 0 Å². The Kier molecular flexibility index (Phi) is 4.27. The number of nitrogens with one attached hydrogen (secondary N) is 2. The van der Waals surface area contributed by atoms with Crippen molar-refractivity contribution in [3.05, 3.63) is 59.7 Å². The van der Waals surface area contributed by atoms with Crippen LogP contribution in [0.4, 0.5) is 20.2 Å². The molecule has 0 radical (unpaired) electrons. The predicted molar refractivity (Wildman–Crippen MR) is 75.1 cm³/mol. The van der Waals surface area contributed by atoms with Crippen LogP contribution in [0, 0.1) is 11.6 Å². The third-order valence-corrected chi connectivity index (χ3v) is 2.65. The molecule has 4 nitrogen and oxygen atoms in total. The summed E-state index contributed by atoms with van der Waals surface area (Å²) in [6.45, 7) is 1.33. The molecule has 6 heteroatoms. The highest BCUT2D eigenvalue weighted by atomic mass is 19.1. The van der Waals surface area contributed by atoms with Gasteiger partial charge in [0.25, 0.3) is 5.91 Å². The average Bonchev–Trinajstić information content (AvgIpc) is 2.42. The SMILES string of the molecule is CC(=O)Nc1cccc(C(=O)Nc2c(F)cccc2F)c1. The first-order valence-corrected chi connectivity index (χ1v) is 6.10. The van der Waals surface area contributed by atoms with E-state index in [0.29, 0.717) is 5.69 Å². The van der Waals surface area contributed by atoms with Crippen molar-refractivity contribution in [2.75, 3.05) is 10.6 Å². The molecule has 0 aliphatic heterocycles. The maximum absolute atomic E-state index is 13.5. The Morgan fingerprint density at radius 2 is 1.57 bits per heavy atom. The fourth-order valence-electron chi connectivity index (χ4n) is 1.74. The monoisotopic (exact) mass is 290 g/mol. The Morgan fingerprint density at radius 1 is 0.952 bits per heavy atom. The lowest BCUT2D eigenvalue weighted by atomic mass is 10.1. The van der Waals surface area contributed by atoms with E-state index in [1.807, 2.05) is 0 Å². The average molecular weight is 290 g/mol. The molecule has 0 bridgehead atoms. The van der Waals surface area contributed by atoms with Gasteiger partial charge in [-0.3, -0.25) is 9.59 Å². The van der Waals surface area contributed by atoms with Crippen LogP contribution in [0.5, 0.6) is 0 Å². The van der Waals surface area contributed by atoms with Gasteiger partial charge < -0.3 is 10.6 Å². The summed E-state index contributed by atoms with van der Waals surface area (Å²) in [5.41, 5.74) is 0.0838. The van der Waals surface area contributed by atoms with Crippen LogP contribution in [0.2, 0.25) is 0 Å². The van der Waals surface area contributed by atoms with Crippen LogP contribution in [0.25, 0.3) is 0 Å². The van der Waals surface area contributed by atoms with Gasteiger partial charge in [0.1, 0.15) is 17.3 Å². The van der Waals surface area contributed by atoms with E-state index < -0.39 is 23.2 Å². The second kappa shape index (κ2) is 6.13. The molecule has 2 rings (SSSR count). The van der Waals surface area contributed by atoms with Crippen molar-refractivity contribution in [3.8, 4) is 0 Å². The molecular formula is C15H12F2N2O2.